The second-order valence-electron chi connectivity index (χ2n) is 1.39. The average molecular weight is 413 g/mol. The first-order valence-corrected chi connectivity index (χ1v) is 4.98. The van der Waals surface area contributed by atoms with Crippen molar-refractivity contribution >= 4 is 35.1 Å². The molecule has 0 saturated carbocycles. The summed E-state index contributed by atoms with van der Waals surface area (Å²) in [4.78, 5) is 18.2. The summed E-state index contributed by atoms with van der Waals surface area (Å²) in [5, 5.41) is 18.2. The number of rotatable bonds is 2. The van der Waals surface area contributed by atoms with Gasteiger partial charge in [0.2, 0.25) is 0 Å². The van der Waals surface area contributed by atoms with Crippen molar-refractivity contribution in [2.75, 3.05) is 11.8 Å². The van der Waals surface area contributed by atoms with Crippen LogP contribution in [0, 0.1) is 10.2 Å². The van der Waals surface area contributed by atoms with Crippen LogP contribution in [0.25, 0.3) is 0 Å². The maximum Gasteiger partial charge on any atom is 3.00 e. The molecule has 0 spiro atoms. The molecule has 0 aliphatic carbocycles. The number of aliphatic carboxylic acids is 2. The summed E-state index contributed by atoms with van der Waals surface area (Å²) in [7, 11) is -4.94. The zero-order chi connectivity index (χ0) is 13.1. The molecule has 0 aromatic rings. The van der Waals surface area contributed by atoms with Crippen LogP contribution in [0.15, 0.2) is 0 Å². The average Bonchev–Trinajstić information content (AvgIpc) is 2.02. The van der Waals surface area contributed by atoms with Crippen LogP contribution in [0.5, 0.6) is 0 Å². The Kier molecular flexibility index (Phi) is 78.7. The molecule has 20 heavy (non-hydrogen) atoms. The van der Waals surface area contributed by atoms with E-state index in [0.717, 1.165) is 0 Å². The Bertz CT molecular complexity index is 177. The van der Waals surface area contributed by atoms with Gasteiger partial charge in [-0.05, 0) is 0 Å². The Labute approximate surface area is 137 Å². The number of carboxylic acid groups (broad SMARTS) is 2. The summed E-state index contributed by atoms with van der Waals surface area (Å²) < 4.78 is 34.0. The molecule has 12 N–H and O–H groups in total. The molecule has 16 heteroatoms. The molecule has 0 radical (unpaired) electrons. The van der Waals surface area contributed by atoms with E-state index in [1.807, 2.05) is 0 Å². The van der Waals surface area contributed by atoms with Crippen molar-refractivity contribution in [3.63, 3.8) is 0 Å². The fourth-order valence-electron chi connectivity index (χ4n) is 0. The number of carbonyl (C=O) groups excluding carboxylic acids is 2. The van der Waals surface area contributed by atoms with E-state index in [4.69, 9.17) is 38.4 Å². The topological polar surface area (TPSA) is 312 Å². The molecule has 0 aliphatic rings. The fourth-order valence-corrected chi connectivity index (χ4v) is 0. The van der Waals surface area contributed by atoms with Crippen molar-refractivity contribution in [2.45, 2.75) is 0 Å². The van der Waals surface area contributed by atoms with Gasteiger partial charge in [0.15, 0.2) is 0 Å². The summed E-state index contributed by atoms with van der Waals surface area (Å²) in [6.07, 6.45) is 0. The van der Waals surface area contributed by atoms with Gasteiger partial charge in [0.25, 0.3) is 0 Å². The summed E-state index contributed by atoms with van der Waals surface area (Å²) in [6, 6.07) is 0. The van der Waals surface area contributed by atoms with Crippen LogP contribution >= 0.6 is 23.2 Å². The molecular weight excluding hydrogens is 397 g/mol. The van der Waals surface area contributed by atoms with Crippen molar-refractivity contribution in [3.8, 4) is 0 Å². The van der Waals surface area contributed by atoms with Gasteiger partial charge in [0.05, 0.1) is 23.7 Å². The summed E-state index contributed by atoms with van der Waals surface area (Å²) in [5.41, 5.74) is 0. The number of carbonyl (C=O) groups is 2. The zero-order valence-corrected chi connectivity index (χ0v) is 13.3. The molecule has 0 saturated heterocycles. The van der Waals surface area contributed by atoms with E-state index >= 15 is 0 Å². The molecular formula is C4H16Cl3CoN4O8. The summed E-state index contributed by atoms with van der Waals surface area (Å²) in [6.45, 7) is 0. The minimum absolute atomic E-state index is 0. The third-order valence-electron chi connectivity index (χ3n) is 0.218. The number of hydrogen-bond acceptors (Lipinski definition) is 12. The molecule has 0 amide bonds. The standard InChI is InChI=1S/2C2H3ClO2.ClHO4.Co.4H3N/c2*3-1-2(4)5;2-1(3,4)5;;;;;/h2*1H2,(H,4,5);(H,2,3,4,5);;4*1H3/q;;;+3;;;;/p-3. The monoisotopic (exact) mass is 412 g/mol. The Hall–Kier alpha value is -0.00351. The normalized spacial score (nSPS) is 6.70. The van der Waals surface area contributed by atoms with Gasteiger partial charge in [0.1, 0.15) is 0 Å². The van der Waals surface area contributed by atoms with Crippen LogP contribution in [0.2, 0.25) is 0 Å². The molecule has 0 fully saturated rings. The van der Waals surface area contributed by atoms with Gasteiger partial charge in [-0.2, -0.15) is 0 Å². The van der Waals surface area contributed by atoms with Gasteiger partial charge < -0.3 is 44.4 Å². The second-order valence-corrected chi connectivity index (χ2v) is 2.68. The summed E-state index contributed by atoms with van der Waals surface area (Å²) in [5.74, 6) is -3.29. The molecule has 0 heterocycles. The van der Waals surface area contributed by atoms with E-state index in [-0.39, 0.29) is 41.4 Å². The first-order valence-electron chi connectivity index (χ1n) is 2.68. The molecule has 0 aliphatic heterocycles. The molecule has 0 rings (SSSR count). The van der Waals surface area contributed by atoms with E-state index in [0.29, 0.717) is 0 Å². The first kappa shape index (κ1) is 50.1. The molecule has 130 valence electrons. The van der Waals surface area contributed by atoms with Gasteiger partial charge >= 0.3 is 16.8 Å². The fraction of sp³-hybridized carbons (Fsp3) is 0.500. The smallest absolute Gasteiger partial charge is 0.549 e. The van der Waals surface area contributed by atoms with Crippen LogP contribution in [0.3, 0.4) is 0 Å². The molecule has 0 bridgehead atoms. The van der Waals surface area contributed by atoms with Crippen molar-refractivity contribution in [2.24, 2.45) is 0 Å². The molecule has 0 aromatic carbocycles. The van der Waals surface area contributed by atoms with Crippen LogP contribution < -0.4 is 53.5 Å². The van der Waals surface area contributed by atoms with Crippen molar-refractivity contribution in [1.82, 2.24) is 24.6 Å². The maximum atomic E-state index is 9.12. The van der Waals surface area contributed by atoms with E-state index in [1.54, 1.807) is 0 Å². The number of carboxylic acids is 2. The Morgan fingerprint density at radius 3 is 0.800 bits per heavy atom. The van der Waals surface area contributed by atoms with Crippen molar-refractivity contribution in [1.29, 1.82) is 0 Å². The quantitative estimate of drug-likeness (QED) is 0.307. The maximum absolute atomic E-state index is 9.12. The van der Waals surface area contributed by atoms with Crippen LogP contribution in [-0.4, -0.2) is 23.7 Å². The van der Waals surface area contributed by atoms with E-state index in [9.17, 15) is 0 Å². The van der Waals surface area contributed by atoms with E-state index < -0.39 is 33.9 Å². The van der Waals surface area contributed by atoms with Gasteiger partial charge in [-0.3, -0.25) is 0 Å². The van der Waals surface area contributed by atoms with Crippen LogP contribution in [-0.2, 0) is 26.4 Å². The Morgan fingerprint density at radius 2 is 0.800 bits per heavy atom. The van der Waals surface area contributed by atoms with Gasteiger partial charge in [-0.25, -0.2) is 18.6 Å². The molecule has 0 aromatic heterocycles. The van der Waals surface area contributed by atoms with Gasteiger partial charge in [0, 0.05) is 0 Å². The SMILES string of the molecule is N.N.N.N.O=C([O-])CCl.O=C([O-])CCl.[Co+3].[O-][Cl+3]([O-])([O-])[O-]. The number of halogens is 3. The van der Waals surface area contributed by atoms with Gasteiger partial charge in [-0.15, -0.1) is 33.4 Å². The van der Waals surface area contributed by atoms with E-state index in [2.05, 4.69) is 23.2 Å². The Balaban J connectivity index is -0.0000000160. The van der Waals surface area contributed by atoms with Crippen molar-refractivity contribution < 1.29 is 65.5 Å². The Morgan fingerprint density at radius 1 is 0.750 bits per heavy atom. The van der Waals surface area contributed by atoms with Crippen LogP contribution in [0.1, 0.15) is 0 Å². The molecule has 12 nitrogen and oxygen atoms in total. The second kappa shape index (κ2) is 31.4. The predicted molar refractivity (Wildman–Crippen MR) is 51.5 cm³/mol. The van der Waals surface area contributed by atoms with E-state index in [1.165, 1.54) is 0 Å². The largest absolute Gasteiger partial charge is 3.00 e. The van der Waals surface area contributed by atoms with Gasteiger partial charge in [-0.1, -0.05) is 0 Å². The number of alkyl halides is 2. The third kappa shape index (κ3) is 325. The van der Waals surface area contributed by atoms with Crippen LogP contribution in [0.4, 0.5) is 0 Å². The van der Waals surface area contributed by atoms with Crippen molar-refractivity contribution in [3.05, 3.63) is 0 Å². The molecule has 0 atom stereocenters. The number of hydrogen-bond donors (Lipinski definition) is 4. The third-order valence-corrected chi connectivity index (χ3v) is 0.655. The molecule has 0 unspecified atom stereocenters. The predicted octanol–water partition coefficient (Wildman–Crippen LogP) is -6.16. The zero-order valence-electron chi connectivity index (χ0n) is 9.98. The summed E-state index contributed by atoms with van der Waals surface area (Å²) >= 11 is 9.35. The first-order chi connectivity index (χ1) is 6.54. The minimum Gasteiger partial charge on any atom is -0.549 e. The minimum atomic E-state index is -4.94.